The Kier molecular flexibility index (Phi) is 4.98. The number of hydrogen-bond donors (Lipinski definition) is 1. The Morgan fingerprint density at radius 1 is 1.45 bits per heavy atom. The van der Waals surface area contributed by atoms with Gasteiger partial charge < -0.3 is 10.6 Å². The van der Waals surface area contributed by atoms with E-state index in [2.05, 4.69) is 0 Å². The Bertz CT molecular complexity index is 159. The maximum atomic E-state index is 10.7. The topological polar surface area (TPSA) is 80.2 Å². The van der Waals surface area contributed by atoms with E-state index in [0.717, 1.165) is 13.1 Å². The summed E-state index contributed by atoms with van der Waals surface area (Å²) in [4.78, 5) is 28.7. The molecule has 0 radical (unpaired) electrons. The molecule has 1 aliphatic heterocycles. The molecule has 1 heterocycles. The minimum Gasteiger partial charge on any atom is -0.339 e. The van der Waals surface area contributed by atoms with Crippen molar-refractivity contribution in [3.8, 4) is 0 Å². The van der Waals surface area contributed by atoms with E-state index in [1.807, 2.05) is 0 Å². The van der Waals surface area contributed by atoms with Gasteiger partial charge in [-0.3, -0.25) is 4.79 Å². The first-order chi connectivity index (χ1) is 5.26. The van der Waals surface area contributed by atoms with E-state index in [-0.39, 0.29) is 12.1 Å². The van der Waals surface area contributed by atoms with Crippen molar-refractivity contribution in [3.05, 3.63) is 0 Å². The molecular weight excluding hydrogens is 148 g/mol. The van der Waals surface area contributed by atoms with Gasteiger partial charge in [0.2, 0.25) is 5.91 Å². The third kappa shape index (κ3) is 5.26. The van der Waals surface area contributed by atoms with Gasteiger partial charge in [0.1, 0.15) is 0 Å². The van der Waals surface area contributed by atoms with Gasteiger partial charge in [0.25, 0.3) is 0 Å². The highest BCUT2D eigenvalue weighted by Crippen LogP contribution is 2.04. The Morgan fingerprint density at radius 2 is 1.91 bits per heavy atom. The fourth-order valence-electron chi connectivity index (χ4n) is 0.581. The molecule has 0 bridgehead atoms. The Morgan fingerprint density at radius 3 is 2.18 bits per heavy atom. The molecule has 5 heteroatoms. The molecule has 1 rings (SSSR count). The first-order valence-corrected chi connectivity index (χ1v) is 3.23. The molecule has 0 spiro atoms. The van der Waals surface area contributed by atoms with Crippen LogP contribution < -0.4 is 5.73 Å². The van der Waals surface area contributed by atoms with E-state index in [1.54, 1.807) is 4.90 Å². The van der Waals surface area contributed by atoms with Crippen molar-refractivity contribution in [1.82, 2.24) is 4.90 Å². The van der Waals surface area contributed by atoms with Crippen LogP contribution in [0.1, 0.15) is 6.42 Å². The second-order valence-corrected chi connectivity index (χ2v) is 2.00. The van der Waals surface area contributed by atoms with Gasteiger partial charge in [0, 0.05) is 26.1 Å². The number of amides is 1. The minimum atomic E-state index is 0.201. The molecule has 0 aromatic heterocycles. The molecule has 0 aliphatic carbocycles. The molecule has 11 heavy (non-hydrogen) atoms. The first kappa shape index (κ1) is 9.81. The van der Waals surface area contributed by atoms with Crippen LogP contribution in [0.3, 0.4) is 0 Å². The molecule has 0 aromatic carbocycles. The predicted octanol–water partition coefficient (Wildman–Crippen LogP) is -1.41. The largest absolute Gasteiger partial charge is 0.373 e. The van der Waals surface area contributed by atoms with Crippen LogP contribution in [-0.4, -0.2) is 36.6 Å². The predicted molar refractivity (Wildman–Crippen MR) is 35.3 cm³/mol. The van der Waals surface area contributed by atoms with Crippen LogP contribution in [0.15, 0.2) is 0 Å². The summed E-state index contributed by atoms with van der Waals surface area (Å²) in [6.07, 6.45) is 0.764. The zero-order chi connectivity index (χ0) is 8.69. The van der Waals surface area contributed by atoms with Crippen molar-refractivity contribution < 1.29 is 14.4 Å². The number of hydrogen-bond acceptors (Lipinski definition) is 4. The fourth-order valence-corrected chi connectivity index (χ4v) is 0.581. The highest BCUT2D eigenvalue weighted by atomic mass is 16.2. The number of rotatable bonds is 2. The van der Waals surface area contributed by atoms with Crippen molar-refractivity contribution in [2.75, 3.05) is 19.6 Å². The van der Waals surface area contributed by atoms with Gasteiger partial charge in [-0.15, -0.1) is 0 Å². The van der Waals surface area contributed by atoms with E-state index >= 15 is 0 Å². The fraction of sp³-hybridized carbons (Fsp3) is 0.667. The van der Waals surface area contributed by atoms with Crippen LogP contribution >= 0.6 is 0 Å². The van der Waals surface area contributed by atoms with Gasteiger partial charge in [-0.25, -0.2) is 0 Å². The lowest BCUT2D eigenvalue weighted by Crippen LogP contribution is -2.14. The highest BCUT2D eigenvalue weighted by Gasteiger charge is 2.22. The molecule has 1 fully saturated rings. The van der Waals surface area contributed by atoms with Crippen LogP contribution in [0.5, 0.6) is 0 Å². The summed E-state index contributed by atoms with van der Waals surface area (Å²) in [5.41, 5.74) is 5.15. The van der Waals surface area contributed by atoms with Crippen molar-refractivity contribution >= 4 is 12.1 Å². The zero-order valence-electron chi connectivity index (χ0n) is 6.08. The monoisotopic (exact) mass is 158 g/mol. The van der Waals surface area contributed by atoms with Gasteiger partial charge in [0.15, 0.2) is 0 Å². The summed E-state index contributed by atoms with van der Waals surface area (Å²) >= 11 is 0. The van der Waals surface area contributed by atoms with Crippen LogP contribution in [0, 0.1) is 0 Å². The molecule has 0 atom stereocenters. The summed E-state index contributed by atoms with van der Waals surface area (Å²) in [7, 11) is 0. The van der Waals surface area contributed by atoms with E-state index < -0.39 is 0 Å². The van der Waals surface area contributed by atoms with E-state index in [4.69, 9.17) is 15.3 Å². The molecule has 2 N–H and O–H groups in total. The Balaban J connectivity index is 0.000000292. The summed E-state index contributed by atoms with van der Waals surface area (Å²) < 4.78 is 0. The molecule has 1 saturated heterocycles. The number of carbonyl (C=O) groups excluding carboxylic acids is 3. The minimum absolute atomic E-state index is 0.201. The normalized spacial score (nSPS) is 12.6. The van der Waals surface area contributed by atoms with Crippen molar-refractivity contribution in [3.63, 3.8) is 0 Å². The van der Waals surface area contributed by atoms with Gasteiger partial charge >= 0.3 is 6.15 Å². The van der Waals surface area contributed by atoms with Crippen molar-refractivity contribution in [2.24, 2.45) is 5.73 Å². The Hall–Kier alpha value is -1.19. The molecule has 62 valence electrons. The van der Waals surface area contributed by atoms with Gasteiger partial charge in [-0.1, -0.05) is 0 Å². The van der Waals surface area contributed by atoms with Crippen molar-refractivity contribution in [2.45, 2.75) is 6.42 Å². The van der Waals surface area contributed by atoms with Crippen LogP contribution in [-0.2, 0) is 14.4 Å². The van der Waals surface area contributed by atoms with Crippen molar-refractivity contribution in [1.29, 1.82) is 0 Å². The number of nitrogens with two attached hydrogens (primary N) is 1. The molecule has 0 unspecified atom stereocenters. The molecule has 0 aromatic rings. The van der Waals surface area contributed by atoms with E-state index in [1.165, 1.54) is 0 Å². The molecule has 1 aliphatic rings. The molecule has 5 nitrogen and oxygen atoms in total. The van der Waals surface area contributed by atoms with Crippen LogP contribution in [0.25, 0.3) is 0 Å². The van der Waals surface area contributed by atoms with Gasteiger partial charge in [0.05, 0.1) is 0 Å². The average molecular weight is 158 g/mol. The summed E-state index contributed by atoms with van der Waals surface area (Å²) in [6, 6.07) is 0. The van der Waals surface area contributed by atoms with E-state index in [9.17, 15) is 4.79 Å². The lowest BCUT2D eigenvalue weighted by molar-refractivity contribution is -0.191. The van der Waals surface area contributed by atoms with Gasteiger partial charge in [-0.2, -0.15) is 9.59 Å². The third-order valence-electron chi connectivity index (χ3n) is 1.16. The highest BCUT2D eigenvalue weighted by molar-refractivity contribution is 5.78. The summed E-state index contributed by atoms with van der Waals surface area (Å²) in [5.74, 6) is 0.201. The lowest BCUT2D eigenvalue weighted by atomic mass is 10.4. The number of nitrogens with zero attached hydrogens (tertiary/aromatic N) is 1. The first-order valence-electron chi connectivity index (χ1n) is 3.23. The van der Waals surface area contributed by atoms with Gasteiger partial charge in [-0.05, 0) is 0 Å². The van der Waals surface area contributed by atoms with E-state index in [0.29, 0.717) is 13.0 Å². The Labute approximate surface area is 64.1 Å². The standard InChI is InChI=1S/C5H10N2O.CO2/c6-2-1-5(8)7-3-4-7;2-1-3/h1-4,6H2;. The summed E-state index contributed by atoms with van der Waals surface area (Å²) in [6.45, 7) is 2.37. The number of carbonyl (C=O) groups is 1. The second kappa shape index (κ2) is 5.58. The maximum absolute atomic E-state index is 10.7. The van der Waals surface area contributed by atoms with Crippen LogP contribution in [0.2, 0.25) is 0 Å². The quantitative estimate of drug-likeness (QED) is 0.501. The lowest BCUT2D eigenvalue weighted by Gasteiger charge is -1.95. The summed E-state index contributed by atoms with van der Waals surface area (Å²) in [5, 5.41) is 0. The maximum Gasteiger partial charge on any atom is 0.373 e. The zero-order valence-corrected chi connectivity index (χ0v) is 6.08. The smallest absolute Gasteiger partial charge is 0.339 e. The third-order valence-corrected chi connectivity index (χ3v) is 1.16. The molecule has 1 amide bonds. The van der Waals surface area contributed by atoms with Crippen LogP contribution in [0.4, 0.5) is 0 Å². The average Bonchev–Trinajstić information content (AvgIpc) is 2.70. The molecule has 0 saturated carbocycles. The second-order valence-electron chi connectivity index (χ2n) is 2.00. The SMILES string of the molecule is NCCC(=O)N1CC1.O=C=O. The molecular formula is C6H10N2O3.